The Morgan fingerprint density at radius 2 is 1.56 bits per heavy atom. The lowest BCUT2D eigenvalue weighted by atomic mass is 9.87. The van der Waals surface area contributed by atoms with Crippen LogP contribution >= 0.6 is 0 Å². The Kier molecular flexibility index (Phi) is 6.13. The molecule has 6 aromatic rings. The summed E-state index contributed by atoms with van der Waals surface area (Å²) >= 11 is 0. The molecule has 192 valence electrons. The van der Waals surface area contributed by atoms with Crippen molar-refractivity contribution >= 4 is 27.8 Å². The number of aromatic nitrogens is 4. The smallest absolute Gasteiger partial charge is 0.327 e. The van der Waals surface area contributed by atoms with Crippen molar-refractivity contribution < 1.29 is 4.79 Å². The maximum absolute atomic E-state index is 13.4. The van der Waals surface area contributed by atoms with Crippen LogP contribution in [0, 0.1) is 6.92 Å². The summed E-state index contributed by atoms with van der Waals surface area (Å²) in [6.45, 7) is 2.01. The number of aryl methyl sites for hydroxylation is 1. The Hall–Kier alpha value is -5.24. The van der Waals surface area contributed by atoms with Crippen LogP contribution in [0.2, 0.25) is 0 Å². The second-order valence-corrected chi connectivity index (χ2v) is 9.45. The van der Waals surface area contributed by atoms with Crippen molar-refractivity contribution in [2.75, 3.05) is 6.54 Å². The zero-order valence-electron chi connectivity index (χ0n) is 21.1. The highest BCUT2D eigenvalue weighted by atomic mass is 16.2. The molecule has 39 heavy (non-hydrogen) atoms. The summed E-state index contributed by atoms with van der Waals surface area (Å²) in [6, 6.07) is 29.9. The molecule has 0 aliphatic rings. The summed E-state index contributed by atoms with van der Waals surface area (Å²) in [4.78, 5) is 50.0. The Bertz CT molecular complexity index is 1940. The number of nitrogens with one attached hydrogen (secondary N) is 4. The molecule has 0 saturated carbocycles. The van der Waals surface area contributed by atoms with E-state index in [2.05, 4.69) is 61.7 Å². The second-order valence-electron chi connectivity index (χ2n) is 9.45. The molecule has 0 spiro atoms. The summed E-state index contributed by atoms with van der Waals surface area (Å²) < 4.78 is 0. The number of hydrogen-bond acceptors (Lipinski definition) is 4. The van der Waals surface area contributed by atoms with Gasteiger partial charge in [-0.3, -0.25) is 19.6 Å². The minimum absolute atomic E-state index is 0.0801. The van der Waals surface area contributed by atoms with Crippen LogP contribution in [0.1, 0.15) is 33.1 Å². The van der Waals surface area contributed by atoms with Crippen molar-refractivity contribution in [1.82, 2.24) is 25.3 Å². The van der Waals surface area contributed by atoms with E-state index in [4.69, 9.17) is 0 Å². The van der Waals surface area contributed by atoms with E-state index in [9.17, 15) is 14.4 Å². The van der Waals surface area contributed by atoms with Crippen LogP contribution in [0.5, 0.6) is 0 Å². The molecule has 0 fully saturated rings. The van der Waals surface area contributed by atoms with Gasteiger partial charge in [0.2, 0.25) is 0 Å². The third-order valence-electron chi connectivity index (χ3n) is 6.96. The van der Waals surface area contributed by atoms with E-state index in [1.807, 2.05) is 48.5 Å². The number of hydrogen-bond donors (Lipinski definition) is 4. The summed E-state index contributed by atoms with van der Waals surface area (Å²) in [5.41, 5.74) is 4.74. The number of rotatable bonds is 6. The van der Waals surface area contributed by atoms with E-state index < -0.39 is 17.2 Å². The van der Waals surface area contributed by atoms with E-state index in [1.54, 1.807) is 13.0 Å². The maximum Gasteiger partial charge on any atom is 0.327 e. The lowest BCUT2D eigenvalue weighted by molar-refractivity contribution is 0.0947. The molecular formula is C31H25N5O3. The number of amides is 1. The topological polar surface area (TPSA) is 123 Å². The van der Waals surface area contributed by atoms with Gasteiger partial charge in [-0.25, -0.2) is 9.78 Å². The maximum atomic E-state index is 13.4. The molecular weight excluding hydrogens is 490 g/mol. The number of nitrogens with zero attached hydrogens (tertiary/aromatic N) is 1. The van der Waals surface area contributed by atoms with Gasteiger partial charge in [-0.2, -0.15) is 0 Å². The fourth-order valence-electron chi connectivity index (χ4n) is 5.19. The quantitative estimate of drug-likeness (QED) is 0.258. The molecule has 3 heterocycles. The Morgan fingerprint density at radius 1 is 0.872 bits per heavy atom. The fraction of sp³-hybridized carbons (Fsp3) is 0.0968. The number of H-pyrrole nitrogens is 3. The van der Waals surface area contributed by atoms with E-state index in [0.29, 0.717) is 12.1 Å². The minimum atomic E-state index is -0.672. The SMILES string of the molecule is Cc1cc(C(=O)NCC(c2ccccc2)c2c(-c3ccccc3)[nH]c3ccccc23)nc2[nH]c(=O)[nH]c(=O)c12. The summed E-state index contributed by atoms with van der Waals surface area (Å²) in [5.74, 6) is -0.575. The van der Waals surface area contributed by atoms with Gasteiger partial charge in [0.1, 0.15) is 11.3 Å². The Morgan fingerprint density at radius 3 is 2.33 bits per heavy atom. The monoisotopic (exact) mass is 515 g/mol. The molecule has 0 radical (unpaired) electrons. The van der Waals surface area contributed by atoms with Crippen LogP contribution in [-0.4, -0.2) is 32.4 Å². The average molecular weight is 516 g/mol. The van der Waals surface area contributed by atoms with E-state index in [0.717, 1.165) is 33.3 Å². The molecule has 8 nitrogen and oxygen atoms in total. The first-order chi connectivity index (χ1) is 19.0. The van der Waals surface area contributed by atoms with Crippen LogP contribution < -0.4 is 16.6 Å². The van der Waals surface area contributed by atoms with Crippen LogP contribution in [0.3, 0.4) is 0 Å². The molecule has 1 unspecified atom stereocenters. The highest BCUT2D eigenvalue weighted by molar-refractivity contribution is 5.96. The van der Waals surface area contributed by atoms with Gasteiger partial charge < -0.3 is 10.3 Å². The highest BCUT2D eigenvalue weighted by Gasteiger charge is 2.24. The van der Waals surface area contributed by atoms with Crippen LogP contribution in [0.15, 0.2) is 101 Å². The largest absolute Gasteiger partial charge is 0.354 e. The lowest BCUT2D eigenvalue weighted by Crippen LogP contribution is -2.30. The van der Waals surface area contributed by atoms with Crippen molar-refractivity contribution in [3.8, 4) is 11.3 Å². The predicted molar refractivity (Wildman–Crippen MR) is 152 cm³/mol. The van der Waals surface area contributed by atoms with Gasteiger partial charge in [0.05, 0.1) is 11.1 Å². The van der Waals surface area contributed by atoms with Gasteiger partial charge in [0.15, 0.2) is 0 Å². The van der Waals surface area contributed by atoms with E-state index in [1.165, 1.54) is 0 Å². The number of benzene rings is 3. The normalized spacial score (nSPS) is 12.0. The molecule has 0 saturated heterocycles. The molecule has 0 aliphatic heterocycles. The van der Waals surface area contributed by atoms with E-state index >= 15 is 0 Å². The number of fused-ring (bicyclic) bond motifs is 2. The second kappa shape index (κ2) is 9.90. The molecule has 1 amide bonds. The van der Waals surface area contributed by atoms with Crippen LogP contribution in [-0.2, 0) is 0 Å². The first-order valence-corrected chi connectivity index (χ1v) is 12.6. The van der Waals surface area contributed by atoms with Crippen molar-refractivity contribution in [3.05, 3.63) is 134 Å². The summed E-state index contributed by atoms with van der Waals surface area (Å²) in [7, 11) is 0. The van der Waals surface area contributed by atoms with Gasteiger partial charge in [-0.15, -0.1) is 0 Å². The first kappa shape index (κ1) is 24.1. The Labute approximate surface area is 222 Å². The molecule has 3 aromatic carbocycles. The summed E-state index contributed by atoms with van der Waals surface area (Å²) in [6.07, 6.45) is 0. The van der Waals surface area contributed by atoms with E-state index in [-0.39, 0.29) is 22.6 Å². The third kappa shape index (κ3) is 4.53. The molecule has 1 atom stereocenters. The lowest BCUT2D eigenvalue weighted by Gasteiger charge is -2.20. The van der Waals surface area contributed by atoms with Crippen molar-refractivity contribution in [2.45, 2.75) is 12.8 Å². The van der Waals surface area contributed by atoms with Crippen LogP contribution in [0.25, 0.3) is 33.2 Å². The molecule has 8 heteroatoms. The number of para-hydroxylation sites is 1. The first-order valence-electron chi connectivity index (χ1n) is 12.6. The third-order valence-corrected chi connectivity index (χ3v) is 6.96. The van der Waals surface area contributed by atoms with Gasteiger partial charge >= 0.3 is 5.69 Å². The van der Waals surface area contributed by atoms with Gasteiger partial charge in [-0.05, 0) is 41.3 Å². The molecule has 6 rings (SSSR count). The summed E-state index contributed by atoms with van der Waals surface area (Å²) in [5, 5.41) is 4.39. The van der Waals surface area contributed by atoms with Crippen molar-refractivity contribution in [2.24, 2.45) is 0 Å². The average Bonchev–Trinajstić information content (AvgIpc) is 3.33. The minimum Gasteiger partial charge on any atom is -0.354 e. The standard InChI is InChI=1S/C31H25N5O3/c1-18-16-24(34-28-25(18)30(38)36-31(39)35-28)29(37)32-17-22(19-10-4-2-5-11-19)26-21-14-8-9-15-23(21)33-27(26)20-12-6-3-7-13-20/h2-16,22,33H,17H2,1H3,(H,32,37)(H2,34,35,36,38,39). The van der Waals surface area contributed by atoms with Gasteiger partial charge in [0, 0.05) is 23.4 Å². The number of carbonyl (C=O) groups excluding carboxylic acids is 1. The number of aromatic amines is 3. The Balaban J connectivity index is 1.42. The molecule has 0 bridgehead atoms. The fourth-order valence-corrected chi connectivity index (χ4v) is 5.19. The van der Waals surface area contributed by atoms with Crippen molar-refractivity contribution in [3.63, 3.8) is 0 Å². The van der Waals surface area contributed by atoms with Gasteiger partial charge in [0.25, 0.3) is 11.5 Å². The van der Waals surface area contributed by atoms with Crippen molar-refractivity contribution in [1.29, 1.82) is 0 Å². The molecule has 4 N–H and O–H groups in total. The predicted octanol–water partition coefficient (Wildman–Crippen LogP) is 4.63. The van der Waals surface area contributed by atoms with Gasteiger partial charge in [-0.1, -0.05) is 78.9 Å². The highest BCUT2D eigenvalue weighted by Crippen LogP contribution is 2.38. The molecule has 3 aromatic heterocycles. The molecule has 0 aliphatic carbocycles. The zero-order valence-corrected chi connectivity index (χ0v) is 21.1. The van der Waals surface area contributed by atoms with Crippen LogP contribution in [0.4, 0.5) is 0 Å². The zero-order chi connectivity index (χ0) is 26.9. The number of carbonyl (C=O) groups is 1. The number of pyridine rings is 1.